The monoisotopic (exact) mass is 342 g/mol. The molecule has 0 atom stereocenters. The Kier molecular flexibility index (Phi) is 3.41. The molecule has 7 heteroatoms. The molecule has 0 aliphatic carbocycles. The molecule has 0 unspecified atom stereocenters. The molecule has 2 heterocycles. The summed E-state index contributed by atoms with van der Waals surface area (Å²) in [5, 5.41) is 15.0. The normalized spacial score (nSPS) is 14.2. The van der Waals surface area contributed by atoms with Crippen LogP contribution in [0.1, 0.15) is 0 Å². The number of nitrogens with zero attached hydrogens (tertiary/aromatic N) is 4. The Balaban J connectivity index is 2.14. The van der Waals surface area contributed by atoms with Crippen LogP contribution in [0.5, 0.6) is 0 Å². The molecule has 3 rings (SSSR count). The maximum absolute atomic E-state index is 6.18. The molecule has 2 aromatic rings. The fourth-order valence-corrected chi connectivity index (χ4v) is 3.24. The van der Waals surface area contributed by atoms with Crippen molar-refractivity contribution in [1.29, 1.82) is 0 Å². The van der Waals surface area contributed by atoms with Crippen molar-refractivity contribution < 1.29 is 0 Å². The molecular formula is C11H8BrClN4S. The van der Waals surface area contributed by atoms with Gasteiger partial charge in [-0.1, -0.05) is 51.4 Å². The van der Waals surface area contributed by atoms with E-state index in [-0.39, 0.29) is 0 Å². The third kappa shape index (κ3) is 2.08. The zero-order valence-electron chi connectivity index (χ0n) is 9.18. The quantitative estimate of drug-likeness (QED) is 0.786. The van der Waals surface area contributed by atoms with Crippen molar-refractivity contribution >= 4 is 45.0 Å². The van der Waals surface area contributed by atoms with Gasteiger partial charge in [0.1, 0.15) is 0 Å². The van der Waals surface area contributed by atoms with Crippen molar-refractivity contribution in [3.63, 3.8) is 0 Å². The van der Waals surface area contributed by atoms with Gasteiger partial charge in [-0.2, -0.15) is 9.78 Å². The first-order chi connectivity index (χ1) is 8.79. The third-order valence-electron chi connectivity index (χ3n) is 2.49. The minimum atomic E-state index is 0.652. The first-order valence-electron chi connectivity index (χ1n) is 5.25. The zero-order valence-corrected chi connectivity index (χ0v) is 12.3. The Morgan fingerprint density at radius 3 is 2.94 bits per heavy atom. The van der Waals surface area contributed by atoms with Gasteiger partial charge in [-0.3, -0.25) is 0 Å². The van der Waals surface area contributed by atoms with Crippen LogP contribution in [0.4, 0.5) is 0 Å². The van der Waals surface area contributed by atoms with E-state index in [1.165, 1.54) is 0 Å². The molecular weight excluding hydrogens is 336 g/mol. The second-order valence-electron chi connectivity index (χ2n) is 3.69. The van der Waals surface area contributed by atoms with E-state index in [1.54, 1.807) is 16.4 Å². The Morgan fingerprint density at radius 1 is 1.33 bits per heavy atom. The molecule has 1 aromatic carbocycles. The van der Waals surface area contributed by atoms with Crippen LogP contribution in [0.3, 0.4) is 0 Å². The number of halogens is 2. The van der Waals surface area contributed by atoms with E-state index in [9.17, 15) is 0 Å². The van der Waals surface area contributed by atoms with Crippen LogP contribution >= 0.6 is 39.3 Å². The lowest BCUT2D eigenvalue weighted by Crippen LogP contribution is -2.13. The summed E-state index contributed by atoms with van der Waals surface area (Å²) in [7, 11) is 0. The molecule has 0 N–H and O–H groups in total. The Labute approximate surface area is 122 Å². The molecule has 0 amide bonds. The summed E-state index contributed by atoms with van der Waals surface area (Å²) < 4.78 is 1.76. The van der Waals surface area contributed by atoms with Crippen molar-refractivity contribution in [2.45, 2.75) is 5.16 Å². The largest absolute Gasteiger partial charge is 0.212 e. The summed E-state index contributed by atoms with van der Waals surface area (Å²) in [6, 6.07) is 7.57. The molecule has 0 fully saturated rings. The Morgan fingerprint density at radius 2 is 2.17 bits per heavy atom. The maximum Gasteiger partial charge on any atom is 0.212 e. The first-order valence-corrected chi connectivity index (χ1v) is 7.74. The van der Waals surface area contributed by atoms with Crippen LogP contribution in [0, 0.1) is 0 Å². The average molecular weight is 344 g/mol. The fourth-order valence-electron chi connectivity index (χ4n) is 1.64. The number of benzene rings is 1. The molecule has 0 saturated heterocycles. The zero-order chi connectivity index (χ0) is 12.5. The van der Waals surface area contributed by atoms with E-state index in [0.29, 0.717) is 10.8 Å². The van der Waals surface area contributed by atoms with Crippen LogP contribution in [0.25, 0.3) is 11.4 Å². The third-order valence-corrected chi connectivity index (χ3v) is 4.46. The summed E-state index contributed by atoms with van der Waals surface area (Å²) in [6.45, 7) is 0. The lowest BCUT2D eigenvalue weighted by atomic mass is 10.2. The van der Waals surface area contributed by atoms with Gasteiger partial charge in [-0.15, -0.1) is 10.2 Å². The predicted octanol–water partition coefficient (Wildman–Crippen LogP) is 3.30. The molecule has 18 heavy (non-hydrogen) atoms. The highest BCUT2D eigenvalue weighted by Crippen LogP contribution is 2.30. The number of aromatic nitrogens is 3. The average Bonchev–Trinajstić information content (AvgIpc) is 2.82. The van der Waals surface area contributed by atoms with Gasteiger partial charge in [-0.25, -0.2) is 0 Å². The van der Waals surface area contributed by atoms with E-state index in [1.807, 2.05) is 24.3 Å². The number of hydrogen-bond donors (Lipinski definition) is 0. The van der Waals surface area contributed by atoms with E-state index >= 15 is 0 Å². The number of fused-ring (bicyclic) bond motifs is 1. The van der Waals surface area contributed by atoms with Crippen LogP contribution in [-0.4, -0.2) is 31.7 Å². The number of hydrogen-bond acceptors (Lipinski definition) is 4. The smallest absolute Gasteiger partial charge is 0.187 e. The number of rotatable bonds is 2. The lowest BCUT2D eigenvalue weighted by Gasteiger charge is -2.12. The van der Waals surface area contributed by atoms with Crippen molar-refractivity contribution in [3.8, 4) is 11.4 Å². The highest BCUT2D eigenvalue weighted by atomic mass is 79.9. The topological polar surface area (TPSA) is 43.1 Å². The highest BCUT2D eigenvalue weighted by Gasteiger charge is 2.20. The van der Waals surface area contributed by atoms with Gasteiger partial charge in [0.05, 0.1) is 10.7 Å². The summed E-state index contributed by atoms with van der Waals surface area (Å²) in [6.07, 6.45) is 0. The second-order valence-corrected chi connectivity index (χ2v) is 5.60. The molecule has 1 aromatic heterocycles. The summed E-state index contributed by atoms with van der Waals surface area (Å²) >= 11 is 11.2. The van der Waals surface area contributed by atoms with E-state index in [0.717, 1.165) is 27.5 Å². The van der Waals surface area contributed by atoms with E-state index in [4.69, 9.17) is 11.6 Å². The lowest BCUT2D eigenvalue weighted by molar-refractivity contribution is 0.761. The van der Waals surface area contributed by atoms with Crippen molar-refractivity contribution in [2.75, 3.05) is 11.1 Å². The minimum absolute atomic E-state index is 0.652. The molecule has 4 nitrogen and oxygen atoms in total. The number of thioether (sulfide) groups is 1. The maximum atomic E-state index is 6.18. The Hall–Kier alpha value is -0.850. The molecule has 1 aliphatic rings. The molecule has 0 saturated carbocycles. The van der Waals surface area contributed by atoms with Crippen molar-refractivity contribution in [1.82, 2.24) is 14.9 Å². The van der Waals surface area contributed by atoms with Gasteiger partial charge >= 0.3 is 0 Å². The summed E-state index contributed by atoms with van der Waals surface area (Å²) in [5.41, 5.74) is 1.90. The predicted molar refractivity (Wildman–Crippen MR) is 77.8 cm³/mol. The standard InChI is InChI=1S/C11H8BrClN4S/c12-5-7-6-18-11-15-14-10(17(11)16-7)8-3-1-2-4-9(8)13/h1-4H,5-6H2. The minimum Gasteiger partial charge on any atom is -0.187 e. The second kappa shape index (κ2) is 5.03. The van der Waals surface area contributed by atoms with Crippen LogP contribution in [0.15, 0.2) is 34.5 Å². The summed E-state index contributed by atoms with van der Waals surface area (Å²) in [5.74, 6) is 1.52. The highest BCUT2D eigenvalue weighted by molar-refractivity contribution is 9.09. The van der Waals surface area contributed by atoms with Crippen molar-refractivity contribution in [3.05, 3.63) is 29.3 Å². The van der Waals surface area contributed by atoms with Gasteiger partial charge in [0, 0.05) is 16.6 Å². The first kappa shape index (κ1) is 12.2. The van der Waals surface area contributed by atoms with Gasteiger partial charge in [-0.05, 0) is 12.1 Å². The van der Waals surface area contributed by atoms with Crippen LogP contribution in [0.2, 0.25) is 5.02 Å². The fraction of sp³-hybridized carbons (Fsp3) is 0.182. The van der Waals surface area contributed by atoms with Gasteiger partial charge in [0.25, 0.3) is 0 Å². The van der Waals surface area contributed by atoms with E-state index in [2.05, 4.69) is 31.2 Å². The molecule has 0 spiro atoms. The molecule has 92 valence electrons. The van der Waals surface area contributed by atoms with Gasteiger partial charge < -0.3 is 0 Å². The Bertz CT molecular complexity index is 625. The van der Waals surface area contributed by atoms with Gasteiger partial charge in [0.15, 0.2) is 5.82 Å². The molecule has 0 bridgehead atoms. The summed E-state index contributed by atoms with van der Waals surface area (Å²) in [4.78, 5) is 0. The molecule has 1 aliphatic heterocycles. The molecule has 0 radical (unpaired) electrons. The van der Waals surface area contributed by atoms with Crippen LogP contribution in [-0.2, 0) is 0 Å². The van der Waals surface area contributed by atoms with E-state index < -0.39 is 0 Å². The van der Waals surface area contributed by atoms with Gasteiger partial charge in [0.2, 0.25) is 5.16 Å². The number of alkyl halides is 1. The van der Waals surface area contributed by atoms with Crippen molar-refractivity contribution in [2.24, 2.45) is 5.10 Å². The SMILES string of the molecule is Clc1ccccc1-c1nnc2n1N=C(CBr)CS2. The van der Waals surface area contributed by atoms with Crippen LogP contribution < -0.4 is 0 Å².